The zero-order valence-corrected chi connectivity index (χ0v) is 16.9. The number of fused-ring (bicyclic) bond motifs is 1. The van der Waals surface area contributed by atoms with Crippen LogP contribution in [-0.4, -0.2) is 10.2 Å². The van der Waals surface area contributed by atoms with Crippen molar-refractivity contribution in [2.24, 2.45) is 5.73 Å². The van der Waals surface area contributed by atoms with Gasteiger partial charge in [-0.2, -0.15) is 5.26 Å². The van der Waals surface area contributed by atoms with Crippen LogP contribution in [0, 0.1) is 18.3 Å². The number of allylic oxidation sites excluding steroid dienone is 1. The van der Waals surface area contributed by atoms with Crippen LogP contribution in [0.5, 0.6) is 11.6 Å². The van der Waals surface area contributed by atoms with Crippen LogP contribution in [-0.2, 0) is 6.61 Å². The van der Waals surface area contributed by atoms with Crippen molar-refractivity contribution in [2.75, 3.05) is 0 Å². The molecule has 2 heterocycles. The fraction of sp³-hybridized carbons (Fsp3) is 0.143. The Morgan fingerprint density at radius 2 is 1.97 bits per heavy atom. The summed E-state index contributed by atoms with van der Waals surface area (Å²) >= 11 is 12.4. The number of hydrogen-bond acceptors (Lipinski definition) is 5. The molecule has 0 bridgehead atoms. The van der Waals surface area contributed by atoms with Crippen molar-refractivity contribution in [1.29, 1.82) is 5.26 Å². The molecule has 1 aliphatic rings. The molecule has 0 amide bonds. The molecule has 0 unspecified atom stereocenters. The SMILES string of the molecule is Cc1[nH]nc2c1[C@@H](c1cccc(OCc3c(Cl)cccc3Cl)c1)C(C#N)=C(N)O2. The van der Waals surface area contributed by atoms with Gasteiger partial charge in [-0.15, -0.1) is 5.10 Å². The maximum Gasteiger partial charge on any atom is 0.244 e. The summed E-state index contributed by atoms with van der Waals surface area (Å²) in [6.45, 7) is 2.09. The number of benzene rings is 2. The van der Waals surface area contributed by atoms with Gasteiger partial charge in [0.25, 0.3) is 0 Å². The van der Waals surface area contributed by atoms with Crippen molar-refractivity contribution in [3.8, 4) is 17.7 Å². The van der Waals surface area contributed by atoms with E-state index in [0.29, 0.717) is 32.8 Å². The van der Waals surface area contributed by atoms with Crippen molar-refractivity contribution in [2.45, 2.75) is 19.4 Å². The van der Waals surface area contributed by atoms with Gasteiger partial charge >= 0.3 is 0 Å². The second-order valence-corrected chi connectivity index (χ2v) is 7.37. The number of nitrogens with two attached hydrogens (primary N) is 1. The normalized spacial score (nSPS) is 15.4. The number of aromatic nitrogens is 2. The molecule has 1 aromatic heterocycles. The Bertz CT molecular complexity index is 1140. The monoisotopic (exact) mass is 426 g/mol. The van der Waals surface area contributed by atoms with Crippen molar-refractivity contribution in [3.05, 3.63) is 86.4 Å². The Morgan fingerprint density at radius 1 is 1.24 bits per heavy atom. The summed E-state index contributed by atoms with van der Waals surface area (Å²) in [5, 5.41) is 17.8. The lowest BCUT2D eigenvalue weighted by Gasteiger charge is -2.24. The third-order valence-corrected chi connectivity index (χ3v) is 5.47. The lowest BCUT2D eigenvalue weighted by molar-refractivity contribution is 0.306. The van der Waals surface area contributed by atoms with Gasteiger partial charge in [0.1, 0.15) is 24.0 Å². The largest absolute Gasteiger partial charge is 0.489 e. The van der Waals surface area contributed by atoms with Crippen LogP contribution in [0.3, 0.4) is 0 Å². The topological polar surface area (TPSA) is 97.0 Å². The number of ether oxygens (including phenoxy) is 2. The van der Waals surface area contributed by atoms with Gasteiger partial charge in [0, 0.05) is 26.9 Å². The van der Waals surface area contributed by atoms with Crippen LogP contribution >= 0.6 is 23.2 Å². The fourth-order valence-electron chi connectivity index (χ4n) is 3.34. The lowest BCUT2D eigenvalue weighted by Crippen LogP contribution is -2.21. The van der Waals surface area contributed by atoms with Gasteiger partial charge in [0.15, 0.2) is 0 Å². The zero-order chi connectivity index (χ0) is 20.5. The predicted octanol–water partition coefficient (Wildman–Crippen LogP) is 4.82. The summed E-state index contributed by atoms with van der Waals surface area (Å²) in [6.07, 6.45) is 0. The zero-order valence-electron chi connectivity index (χ0n) is 15.4. The highest BCUT2D eigenvalue weighted by molar-refractivity contribution is 6.35. The molecule has 0 saturated heterocycles. The average molecular weight is 427 g/mol. The Hall–Kier alpha value is -3.14. The van der Waals surface area contributed by atoms with Gasteiger partial charge in [-0.25, -0.2) is 0 Å². The summed E-state index contributed by atoms with van der Waals surface area (Å²) in [7, 11) is 0. The Kier molecular flexibility index (Phi) is 5.10. The van der Waals surface area contributed by atoms with Crippen LogP contribution in [0.1, 0.15) is 28.3 Å². The van der Waals surface area contributed by atoms with Crippen LogP contribution < -0.4 is 15.2 Å². The van der Waals surface area contributed by atoms with E-state index in [0.717, 1.165) is 16.8 Å². The molecule has 4 rings (SSSR count). The maximum absolute atomic E-state index is 9.67. The van der Waals surface area contributed by atoms with Gasteiger partial charge in [-0.05, 0) is 36.8 Å². The van der Waals surface area contributed by atoms with Crippen LogP contribution in [0.4, 0.5) is 0 Å². The van der Waals surface area contributed by atoms with E-state index in [1.54, 1.807) is 18.2 Å². The Labute approximate surface area is 177 Å². The number of H-pyrrole nitrogens is 1. The number of hydrogen-bond donors (Lipinski definition) is 2. The van der Waals surface area contributed by atoms with E-state index in [1.165, 1.54) is 0 Å². The molecule has 29 heavy (non-hydrogen) atoms. The van der Waals surface area contributed by atoms with Gasteiger partial charge in [-0.3, -0.25) is 5.10 Å². The third-order valence-electron chi connectivity index (χ3n) is 4.77. The molecule has 6 nitrogen and oxygen atoms in total. The second kappa shape index (κ2) is 7.70. The lowest BCUT2D eigenvalue weighted by atomic mass is 9.84. The van der Waals surface area contributed by atoms with Crippen molar-refractivity contribution in [3.63, 3.8) is 0 Å². The molecule has 1 aliphatic heterocycles. The van der Waals surface area contributed by atoms with Crippen molar-refractivity contribution in [1.82, 2.24) is 10.2 Å². The molecule has 0 fully saturated rings. The highest BCUT2D eigenvalue weighted by Gasteiger charge is 2.34. The number of halogens is 2. The van der Waals surface area contributed by atoms with E-state index in [-0.39, 0.29) is 12.5 Å². The number of nitriles is 1. The molecule has 8 heteroatoms. The minimum Gasteiger partial charge on any atom is -0.489 e. The average Bonchev–Trinajstić information content (AvgIpc) is 3.07. The molecule has 2 aromatic carbocycles. The first-order valence-corrected chi connectivity index (χ1v) is 9.53. The summed E-state index contributed by atoms with van der Waals surface area (Å²) in [4.78, 5) is 0. The number of rotatable bonds is 4. The van der Waals surface area contributed by atoms with Crippen molar-refractivity contribution < 1.29 is 9.47 Å². The molecule has 1 atom stereocenters. The number of aryl methyl sites for hydroxylation is 1. The van der Waals surface area contributed by atoms with Gasteiger partial charge in [0.05, 0.1) is 5.92 Å². The highest BCUT2D eigenvalue weighted by atomic mass is 35.5. The third kappa shape index (κ3) is 3.51. The quantitative estimate of drug-likeness (QED) is 0.622. The highest BCUT2D eigenvalue weighted by Crippen LogP contribution is 2.43. The number of nitrogens with zero attached hydrogens (tertiary/aromatic N) is 2. The van der Waals surface area contributed by atoms with E-state index < -0.39 is 5.92 Å². The first kappa shape index (κ1) is 19.2. The molecule has 0 spiro atoms. The van der Waals surface area contributed by atoms with E-state index in [1.807, 2.05) is 31.2 Å². The maximum atomic E-state index is 9.67. The van der Waals surface area contributed by atoms with E-state index >= 15 is 0 Å². The second-order valence-electron chi connectivity index (χ2n) is 6.55. The minimum atomic E-state index is -0.407. The number of nitrogens with one attached hydrogen (secondary N) is 1. The fourth-order valence-corrected chi connectivity index (χ4v) is 3.85. The van der Waals surface area contributed by atoms with Gasteiger partial charge in [0.2, 0.25) is 11.8 Å². The molecule has 146 valence electrons. The Balaban J connectivity index is 1.68. The molecule has 0 aliphatic carbocycles. The molecule has 3 N–H and O–H groups in total. The van der Waals surface area contributed by atoms with Crippen molar-refractivity contribution >= 4 is 23.2 Å². The van der Waals surface area contributed by atoms with Crippen LogP contribution in [0.2, 0.25) is 10.0 Å². The summed E-state index contributed by atoms with van der Waals surface area (Å²) in [5.74, 6) is 0.627. The van der Waals surface area contributed by atoms with E-state index in [9.17, 15) is 5.26 Å². The number of aromatic amines is 1. The van der Waals surface area contributed by atoms with E-state index in [2.05, 4.69) is 16.3 Å². The first-order chi connectivity index (χ1) is 14.0. The Morgan fingerprint density at radius 3 is 2.69 bits per heavy atom. The molecular weight excluding hydrogens is 411 g/mol. The smallest absolute Gasteiger partial charge is 0.244 e. The molecule has 3 aromatic rings. The summed E-state index contributed by atoms with van der Waals surface area (Å²) < 4.78 is 11.4. The minimum absolute atomic E-state index is 0.0469. The van der Waals surface area contributed by atoms with E-state index in [4.69, 9.17) is 38.4 Å². The molecular formula is C21H16Cl2N4O2. The standard InChI is InChI=1S/C21H16Cl2N4O2/c1-11-18-19(14(9-24)20(25)29-21(18)27-26-11)12-4-2-5-13(8-12)28-10-15-16(22)6-3-7-17(15)23/h2-8,19H,10,25H2,1H3,(H,26,27)/t19-/m0/s1. The summed E-state index contributed by atoms with van der Waals surface area (Å²) in [6, 6.07) is 14.9. The van der Waals surface area contributed by atoms with Crippen LogP contribution in [0.15, 0.2) is 53.9 Å². The predicted molar refractivity (Wildman–Crippen MR) is 110 cm³/mol. The van der Waals surface area contributed by atoms with Crippen LogP contribution in [0.25, 0.3) is 0 Å². The summed E-state index contributed by atoms with van der Waals surface area (Å²) in [5.41, 5.74) is 9.42. The first-order valence-electron chi connectivity index (χ1n) is 8.77. The van der Waals surface area contributed by atoms with Gasteiger partial charge in [-0.1, -0.05) is 41.4 Å². The molecule has 0 radical (unpaired) electrons. The van der Waals surface area contributed by atoms with Gasteiger partial charge < -0.3 is 15.2 Å². The molecule has 0 saturated carbocycles.